The average molecular weight is 604 g/mol. The lowest BCUT2D eigenvalue weighted by Gasteiger charge is -2.36. The molecule has 1 aromatic heterocycles. The fourth-order valence-corrected chi connectivity index (χ4v) is 7.47. The van der Waals surface area contributed by atoms with Crippen LogP contribution < -0.4 is 0 Å². The molecule has 0 fully saturated rings. The number of halogens is 1. The van der Waals surface area contributed by atoms with Crippen LogP contribution in [0, 0.1) is 0 Å². The van der Waals surface area contributed by atoms with Gasteiger partial charge in [-0.1, -0.05) is 104 Å². The van der Waals surface area contributed by atoms with Gasteiger partial charge in [-0.15, -0.1) is 0 Å². The van der Waals surface area contributed by atoms with Crippen molar-refractivity contribution in [3.05, 3.63) is 149 Å². The van der Waals surface area contributed by atoms with E-state index in [9.17, 15) is 5.11 Å². The van der Waals surface area contributed by atoms with Crippen LogP contribution in [0.1, 0.15) is 44.4 Å². The summed E-state index contributed by atoms with van der Waals surface area (Å²) in [5.41, 5.74) is 12.6. The molecular formula is C42H34ClNO. The number of aliphatic hydroxyl groups is 1. The maximum absolute atomic E-state index is 11.1. The highest BCUT2D eigenvalue weighted by Gasteiger charge is 2.36. The molecule has 1 aliphatic rings. The molecule has 3 heteroatoms. The van der Waals surface area contributed by atoms with E-state index in [2.05, 4.69) is 128 Å². The van der Waals surface area contributed by atoms with E-state index in [0.29, 0.717) is 5.02 Å². The van der Waals surface area contributed by atoms with E-state index in [0.717, 1.165) is 16.7 Å². The Labute approximate surface area is 269 Å². The molecule has 0 bridgehead atoms. The van der Waals surface area contributed by atoms with E-state index >= 15 is 0 Å². The Morgan fingerprint density at radius 3 is 1.91 bits per heavy atom. The summed E-state index contributed by atoms with van der Waals surface area (Å²) in [6, 6.07) is 45.6. The third-order valence-corrected chi connectivity index (χ3v) is 9.85. The third-order valence-electron chi connectivity index (χ3n) is 9.61. The largest absolute Gasteiger partial charge is 0.386 e. The Hall–Kier alpha value is -4.63. The van der Waals surface area contributed by atoms with Gasteiger partial charge in [-0.2, -0.15) is 0 Å². The Morgan fingerprint density at radius 1 is 0.600 bits per heavy atom. The molecule has 45 heavy (non-hydrogen) atoms. The Kier molecular flexibility index (Phi) is 6.16. The summed E-state index contributed by atoms with van der Waals surface area (Å²) < 4.78 is 2.46. The molecule has 6 aromatic carbocycles. The second-order valence-corrected chi connectivity index (χ2v) is 13.8. The lowest BCUT2D eigenvalue weighted by molar-refractivity contribution is 0.0792. The molecule has 0 aliphatic carbocycles. The fourth-order valence-electron chi connectivity index (χ4n) is 7.30. The van der Waals surface area contributed by atoms with Gasteiger partial charge in [0.05, 0.1) is 22.3 Å². The van der Waals surface area contributed by atoms with Crippen molar-refractivity contribution in [2.45, 2.75) is 38.7 Å². The molecule has 1 aliphatic heterocycles. The number of fused-ring (bicyclic) bond motifs is 5. The maximum atomic E-state index is 11.1. The first-order valence-electron chi connectivity index (χ1n) is 15.5. The van der Waals surface area contributed by atoms with Gasteiger partial charge in [0, 0.05) is 21.2 Å². The standard InChI is InChI=1S/C42H34ClNO/c1-41(2)36-23-29(32-18-17-31(43)25-35(32)42(3,4)45)16-20-39(36)44-38-19-15-28(26-11-7-5-8-12-26)21-33(38)34-22-30(24-37(41)40(34)44)27-13-9-6-10-14-27/h5-25,45H,1-4H3. The second-order valence-electron chi connectivity index (χ2n) is 13.3. The summed E-state index contributed by atoms with van der Waals surface area (Å²) in [7, 11) is 0. The molecule has 7 aromatic rings. The molecule has 0 saturated carbocycles. The van der Waals surface area contributed by atoms with E-state index in [-0.39, 0.29) is 5.41 Å². The number of hydrogen-bond acceptors (Lipinski definition) is 1. The molecule has 220 valence electrons. The van der Waals surface area contributed by atoms with E-state index in [1.54, 1.807) is 0 Å². The lowest BCUT2D eigenvalue weighted by Crippen LogP contribution is -2.26. The molecule has 0 radical (unpaired) electrons. The van der Waals surface area contributed by atoms with Crippen molar-refractivity contribution in [2.75, 3.05) is 0 Å². The maximum Gasteiger partial charge on any atom is 0.0847 e. The number of nitrogens with zero attached hydrogens (tertiary/aromatic N) is 1. The number of benzene rings is 6. The van der Waals surface area contributed by atoms with E-state index < -0.39 is 5.60 Å². The van der Waals surface area contributed by atoms with E-state index in [4.69, 9.17) is 11.6 Å². The predicted molar refractivity (Wildman–Crippen MR) is 189 cm³/mol. The van der Waals surface area contributed by atoms with Crippen LogP contribution in [-0.2, 0) is 11.0 Å². The first kappa shape index (κ1) is 27.9. The van der Waals surface area contributed by atoms with Crippen LogP contribution in [-0.4, -0.2) is 9.67 Å². The van der Waals surface area contributed by atoms with Crippen LogP contribution in [0.15, 0.2) is 127 Å². The summed E-state index contributed by atoms with van der Waals surface area (Å²) >= 11 is 6.42. The summed E-state index contributed by atoms with van der Waals surface area (Å²) in [6.45, 7) is 8.32. The topological polar surface area (TPSA) is 25.2 Å². The average Bonchev–Trinajstić information content (AvgIpc) is 3.37. The van der Waals surface area contributed by atoms with Gasteiger partial charge >= 0.3 is 0 Å². The van der Waals surface area contributed by atoms with Crippen molar-refractivity contribution in [1.29, 1.82) is 0 Å². The summed E-state index contributed by atoms with van der Waals surface area (Å²) in [6.07, 6.45) is 0. The van der Waals surface area contributed by atoms with Crippen molar-refractivity contribution in [1.82, 2.24) is 4.57 Å². The van der Waals surface area contributed by atoms with E-state index in [1.807, 2.05) is 32.0 Å². The minimum absolute atomic E-state index is 0.289. The highest BCUT2D eigenvalue weighted by atomic mass is 35.5. The van der Waals surface area contributed by atoms with Crippen LogP contribution in [0.4, 0.5) is 0 Å². The molecule has 0 amide bonds. The first-order chi connectivity index (χ1) is 21.6. The zero-order valence-electron chi connectivity index (χ0n) is 25.9. The van der Waals surface area contributed by atoms with Gasteiger partial charge < -0.3 is 9.67 Å². The normalized spacial score (nSPS) is 13.7. The molecule has 1 N–H and O–H groups in total. The van der Waals surface area contributed by atoms with Crippen LogP contribution in [0.3, 0.4) is 0 Å². The van der Waals surface area contributed by atoms with Crippen molar-refractivity contribution >= 4 is 33.4 Å². The summed E-state index contributed by atoms with van der Waals surface area (Å²) in [5.74, 6) is 0. The van der Waals surface area contributed by atoms with Gasteiger partial charge in [-0.05, 0) is 112 Å². The Balaban J connectivity index is 1.45. The Morgan fingerprint density at radius 2 is 1.22 bits per heavy atom. The molecule has 2 heterocycles. The predicted octanol–water partition coefficient (Wildman–Crippen LogP) is 11.3. The minimum atomic E-state index is -1.04. The number of aromatic nitrogens is 1. The molecule has 0 saturated heterocycles. The molecule has 2 nitrogen and oxygen atoms in total. The van der Waals surface area contributed by atoms with E-state index in [1.165, 1.54) is 60.9 Å². The highest BCUT2D eigenvalue weighted by molar-refractivity contribution is 6.30. The van der Waals surface area contributed by atoms with Gasteiger partial charge in [0.2, 0.25) is 0 Å². The number of rotatable bonds is 4. The van der Waals surface area contributed by atoms with Crippen LogP contribution in [0.2, 0.25) is 5.02 Å². The molecular weight excluding hydrogens is 570 g/mol. The molecule has 0 unspecified atom stereocenters. The third kappa shape index (κ3) is 4.35. The monoisotopic (exact) mass is 603 g/mol. The molecule has 0 spiro atoms. The number of hydrogen-bond donors (Lipinski definition) is 1. The SMILES string of the molecule is CC(C)(O)c1cc(Cl)ccc1-c1ccc2c(c1)C(C)(C)c1cc(-c3ccccc3)cc3c4cc(-c5ccccc5)ccc4n-2c13. The van der Waals surface area contributed by atoms with Crippen molar-refractivity contribution < 1.29 is 5.11 Å². The van der Waals surface area contributed by atoms with Crippen LogP contribution in [0.5, 0.6) is 0 Å². The zero-order valence-corrected chi connectivity index (χ0v) is 26.7. The lowest BCUT2D eigenvalue weighted by atomic mass is 9.73. The fraction of sp³-hybridized carbons (Fsp3) is 0.143. The highest BCUT2D eigenvalue weighted by Crippen LogP contribution is 2.50. The molecule has 0 atom stereocenters. The summed E-state index contributed by atoms with van der Waals surface area (Å²) in [5, 5.41) is 14.2. The van der Waals surface area contributed by atoms with Crippen LogP contribution >= 0.6 is 11.6 Å². The van der Waals surface area contributed by atoms with Gasteiger partial charge in [-0.25, -0.2) is 0 Å². The van der Waals surface area contributed by atoms with Crippen LogP contribution in [0.25, 0.3) is 60.9 Å². The van der Waals surface area contributed by atoms with Gasteiger partial charge in [0.15, 0.2) is 0 Å². The second kappa shape index (κ2) is 9.94. The Bertz CT molecular complexity index is 2270. The minimum Gasteiger partial charge on any atom is -0.386 e. The van der Waals surface area contributed by atoms with Gasteiger partial charge in [-0.3, -0.25) is 0 Å². The smallest absolute Gasteiger partial charge is 0.0847 e. The van der Waals surface area contributed by atoms with Crippen molar-refractivity contribution in [2.24, 2.45) is 0 Å². The van der Waals surface area contributed by atoms with Crippen molar-refractivity contribution in [3.63, 3.8) is 0 Å². The zero-order chi connectivity index (χ0) is 31.1. The van der Waals surface area contributed by atoms with Crippen molar-refractivity contribution in [3.8, 4) is 39.1 Å². The quantitative estimate of drug-likeness (QED) is 0.213. The molecule has 8 rings (SSSR count). The first-order valence-corrected chi connectivity index (χ1v) is 15.9. The summed E-state index contributed by atoms with van der Waals surface area (Å²) in [4.78, 5) is 0. The van der Waals surface area contributed by atoms with Gasteiger partial charge in [0.1, 0.15) is 0 Å². The van der Waals surface area contributed by atoms with Gasteiger partial charge in [0.25, 0.3) is 0 Å².